The summed E-state index contributed by atoms with van der Waals surface area (Å²) in [7, 11) is 0. The van der Waals surface area contributed by atoms with E-state index in [1.807, 2.05) is 27.7 Å². The van der Waals surface area contributed by atoms with Crippen LogP contribution in [-0.2, 0) is 4.74 Å². The quantitative estimate of drug-likeness (QED) is 0.272. The number of nitrogens with one attached hydrogen (secondary N) is 3. The second-order valence-corrected chi connectivity index (χ2v) is 9.39. The Morgan fingerprint density at radius 3 is 2.16 bits per heavy atom. The lowest BCUT2D eigenvalue weighted by molar-refractivity contribution is 0.0490. The molecule has 3 N–H and O–H groups in total. The van der Waals surface area contributed by atoms with Crippen molar-refractivity contribution in [2.24, 2.45) is 4.99 Å². The van der Waals surface area contributed by atoms with Crippen molar-refractivity contribution in [1.82, 2.24) is 16.0 Å². The summed E-state index contributed by atoms with van der Waals surface area (Å²) >= 11 is 0. The molecule has 1 aromatic carbocycles. The highest BCUT2D eigenvalue weighted by Gasteiger charge is 2.42. The number of hydrogen-bond acceptors (Lipinski definition) is 3. The predicted molar refractivity (Wildman–Crippen MR) is 133 cm³/mol. The van der Waals surface area contributed by atoms with Crippen LogP contribution in [0.2, 0.25) is 0 Å². The molecule has 1 aromatic rings. The van der Waals surface area contributed by atoms with Crippen molar-refractivity contribution >= 4 is 36.0 Å². The molecule has 2 fully saturated rings. The number of rotatable bonds is 5. The van der Waals surface area contributed by atoms with E-state index in [2.05, 4.69) is 20.9 Å². The lowest BCUT2D eigenvalue weighted by Gasteiger charge is -2.31. The van der Waals surface area contributed by atoms with Gasteiger partial charge in [-0.25, -0.2) is 13.6 Å². The average Bonchev–Trinajstić information content (AvgIpc) is 3.40. The fourth-order valence-corrected chi connectivity index (χ4v) is 4.05. The second-order valence-electron chi connectivity index (χ2n) is 9.39. The van der Waals surface area contributed by atoms with E-state index in [1.165, 1.54) is 18.2 Å². The minimum absolute atomic E-state index is 0. The number of aliphatic imine (C=N–C) groups is 1. The van der Waals surface area contributed by atoms with Crippen LogP contribution in [0.15, 0.2) is 23.2 Å². The zero-order chi connectivity index (χ0) is 22.6. The van der Waals surface area contributed by atoms with E-state index in [0.29, 0.717) is 18.9 Å². The van der Waals surface area contributed by atoms with Gasteiger partial charge in [0.1, 0.15) is 17.2 Å². The molecule has 0 bridgehead atoms. The van der Waals surface area contributed by atoms with Crippen molar-refractivity contribution in [1.29, 1.82) is 0 Å². The van der Waals surface area contributed by atoms with Crippen molar-refractivity contribution in [2.75, 3.05) is 6.54 Å². The topological polar surface area (TPSA) is 74.8 Å². The van der Waals surface area contributed by atoms with Gasteiger partial charge in [-0.3, -0.25) is 4.99 Å². The molecule has 0 spiro atoms. The van der Waals surface area contributed by atoms with Crippen molar-refractivity contribution in [3.8, 4) is 0 Å². The van der Waals surface area contributed by atoms with Crippen LogP contribution in [0.4, 0.5) is 13.6 Å². The molecule has 3 rings (SSSR count). The van der Waals surface area contributed by atoms with Gasteiger partial charge in [0.2, 0.25) is 0 Å². The summed E-state index contributed by atoms with van der Waals surface area (Å²) < 4.78 is 33.4. The first kappa shape index (κ1) is 26.6. The van der Waals surface area contributed by atoms with Crippen LogP contribution >= 0.6 is 24.0 Å². The van der Waals surface area contributed by atoms with Crippen molar-refractivity contribution in [3.63, 3.8) is 0 Å². The van der Waals surface area contributed by atoms with Crippen molar-refractivity contribution in [2.45, 2.75) is 89.4 Å². The third-order valence-electron chi connectivity index (χ3n) is 5.59. The number of ether oxygens (including phenoxy) is 1. The van der Waals surface area contributed by atoms with E-state index in [1.54, 1.807) is 0 Å². The molecular weight excluding hydrogens is 529 g/mol. The summed E-state index contributed by atoms with van der Waals surface area (Å²) in [6.45, 7) is 8.10. The number of carbonyl (C=O) groups is 1. The maximum Gasteiger partial charge on any atom is 0.407 e. The van der Waals surface area contributed by atoms with Crippen LogP contribution in [0.5, 0.6) is 0 Å². The normalized spacial score (nSPS) is 25.4. The number of halogens is 3. The first-order chi connectivity index (χ1) is 14.7. The van der Waals surface area contributed by atoms with Crippen molar-refractivity contribution < 1.29 is 18.3 Å². The molecule has 0 aromatic heterocycles. The van der Waals surface area contributed by atoms with E-state index < -0.39 is 17.2 Å². The molecule has 32 heavy (non-hydrogen) atoms. The van der Waals surface area contributed by atoms with Crippen LogP contribution in [0, 0.1) is 11.6 Å². The number of benzene rings is 1. The van der Waals surface area contributed by atoms with Crippen LogP contribution in [0.1, 0.15) is 71.3 Å². The molecule has 1 amide bonds. The monoisotopic (exact) mass is 564 g/mol. The van der Waals surface area contributed by atoms with Crippen LogP contribution < -0.4 is 16.0 Å². The molecule has 6 nitrogen and oxygen atoms in total. The number of nitrogens with zero attached hydrogens (tertiary/aromatic N) is 1. The summed E-state index contributed by atoms with van der Waals surface area (Å²) in [5.41, 5.74) is -0.351. The number of guanidine groups is 1. The molecule has 180 valence electrons. The minimum atomic E-state index is -0.508. The van der Waals surface area contributed by atoms with E-state index in [4.69, 9.17) is 4.74 Å². The number of hydrogen-bond donors (Lipinski definition) is 3. The molecule has 0 aliphatic heterocycles. The van der Waals surface area contributed by atoms with Crippen LogP contribution in [-0.4, -0.2) is 42.3 Å². The molecule has 0 heterocycles. The maximum absolute atomic E-state index is 14.0. The highest BCUT2D eigenvalue weighted by atomic mass is 127. The summed E-state index contributed by atoms with van der Waals surface area (Å²) in [6, 6.07) is 4.29. The van der Waals surface area contributed by atoms with Crippen LogP contribution in [0.25, 0.3) is 0 Å². The third kappa shape index (κ3) is 7.74. The SMILES string of the molecule is CCN=C(NC1CCC(NC(=O)OC(C)(C)C)CC1)NC1CC1c1c(F)cccc1F.I. The summed E-state index contributed by atoms with van der Waals surface area (Å²) in [4.78, 5) is 16.5. The zero-order valence-electron chi connectivity index (χ0n) is 19.2. The molecule has 0 saturated heterocycles. The van der Waals surface area contributed by atoms with Crippen molar-refractivity contribution in [3.05, 3.63) is 35.4 Å². The van der Waals surface area contributed by atoms with Gasteiger partial charge in [-0.1, -0.05) is 6.07 Å². The fraction of sp³-hybridized carbons (Fsp3) is 0.652. The largest absolute Gasteiger partial charge is 0.444 e. The first-order valence-corrected chi connectivity index (χ1v) is 11.2. The van der Waals surface area contributed by atoms with E-state index in [0.717, 1.165) is 25.7 Å². The molecule has 2 unspecified atom stereocenters. The maximum atomic E-state index is 14.0. The number of amides is 1. The van der Waals surface area contributed by atoms with Gasteiger partial charge in [0.05, 0.1) is 0 Å². The highest BCUT2D eigenvalue weighted by molar-refractivity contribution is 14.0. The second kappa shape index (κ2) is 11.5. The molecule has 2 aliphatic carbocycles. The standard InChI is InChI=1S/C23H34F2N4O2.HI/c1-5-26-21(29-19-13-16(19)20-17(24)7-6-8-18(20)25)27-14-9-11-15(12-10-14)28-22(30)31-23(2,3)4;/h6-8,14-16,19H,5,9-13H2,1-4H3,(H,28,30)(H2,26,27,29);1H. The Balaban J connectivity index is 0.00000363. The molecular formula is C23H35F2IN4O2. The van der Waals surface area contributed by atoms with Gasteiger partial charge < -0.3 is 20.7 Å². The molecule has 9 heteroatoms. The van der Waals surface area contributed by atoms with Gasteiger partial charge in [0, 0.05) is 36.2 Å². The number of alkyl carbamates (subject to hydrolysis) is 1. The Bertz CT molecular complexity index is 787. The smallest absolute Gasteiger partial charge is 0.407 e. The Kier molecular flexibility index (Phi) is 9.53. The van der Waals surface area contributed by atoms with E-state index in [9.17, 15) is 13.6 Å². The lowest BCUT2D eigenvalue weighted by Crippen LogP contribution is -2.48. The summed E-state index contributed by atoms with van der Waals surface area (Å²) in [5, 5.41) is 9.72. The average molecular weight is 564 g/mol. The lowest BCUT2D eigenvalue weighted by atomic mass is 9.91. The Morgan fingerprint density at radius 2 is 1.62 bits per heavy atom. The predicted octanol–water partition coefficient (Wildman–Crippen LogP) is 4.83. The summed E-state index contributed by atoms with van der Waals surface area (Å²) in [6.07, 6.45) is 3.78. The van der Waals surface area contributed by atoms with Gasteiger partial charge in [-0.15, -0.1) is 24.0 Å². The summed E-state index contributed by atoms with van der Waals surface area (Å²) in [5.74, 6) is -0.492. The Hall–Kier alpha value is -1.65. The van der Waals surface area contributed by atoms with Gasteiger partial charge in [-0.2, -0.15) is 0 Å². The molecule has 2 atom stereocenters. The van der Waals surface area contributed by atoms with E-state index >= 15 is 0 Å². The highest BCUT2D eigenvalue weighted by Crippen LogP contribution is 2.43. The van der Waals surface area contributed by atoms with Gasteiger partial charge in [0.25, 0.3) is 0 Å². The van der Waals surface area contributed by atoms with Gasteiger partial charge in [-0.05, 0) is 71.9 Å². The van der Waals surface area contributed by atoms with Crippen LogP contribution in [0.3, 0.4) is 0 Å². The molecule has 2 saturated carbocycles. The first-order valence-electron chi connectivity index (χ1n) is 11.2. The Morgan fingerprint density at radius 1 is 1.06 bits per heavy atom. The van der Waals surface area contributed by atoms with E-state index in [-0.39, 0.29) is 59.7 Å². The zero-order valence-corrected chi connectivity index (χ0v) is 21.5. The number of carbonyl (C=O) groups excluding carboxylic acids is 1. The van der Waals surface area contributed by atoms with Gasteiger partial charge in [0.15, 0.2) is 5.96 Å². The fourth-order valence-electron chi connectivity index (χ4n) is 4.05. The molecule has 2 aliphatic rings. The van der Waals surface area contributed by atoms with Gasteiger partial charge >= 0.3 is 6.09 Å². The molecule has 0 radical (unpaired) electrons. The Labute approximate surface area is 206 Å². The minimum Gasteiger partial charge on any atom is -0.444 e. The third-order valence-corrected chi connectivity index (χ3v) is 5.59.